The molecule has 7 heteroatoms. The van der Waals surface area contributed by atoms with E-state index in [9.17, 15) is 9.90 Å². The number of carboxylic acid groups (broad SMARTS) is 1. The Kier molecular flexibility index (Phi) is 7.07. The van der Waals surface area contributed by atoms with E-state index in [0.717, 1.165) is 5.56 Å². The van der Waals surface area contributed by atoms with Crippen molar-refractivity contribution in [2.24, 2.45) is 0 Å². The van der Waals surface area contributed by atoms with E-state index in [0.29, 0.717) is 15.8 Å². The number of nitrogens with zero attached hydrogens (tertiary/aromatic N) is 1. The van der Waals surface area contributed by atoms with Crippen LogP contribution >= 0.6 is 23.2 Å². The molecule has 1 N–H and O–H groups in total. The number of carboxylic acids is 1. The van der Waals surface area contributed by atoms with E-state index in [2.05, 4.69) is 4.98 Å². The van der Waals surface area contributed by atoms with Crippen molar-refractivity contribution in [1.29, 1.82) is 0 Å². The van der Waals surface area contributed by atoms with E-state index in [1.54, 1.807) is 30.6 Å². The second kappa shape index (κ2) is 8.31. The van der Waals surface area contributed by atoms with Crippen molar-refractivity contribution in [3.05, 3.63) is 58.3 Å². The Balaban J connectivity index is 0.00000220. The van der Waals surface area contributed by atoms with Crippen molar-refractivity contribution in [3.8, 4) is 5.75 Å². The van der Waals surface area contributed by atoms with Gasteiger partial charge in [0.25, 0.3) is 0 Å². The topological polar surface area (TPSA) is 59.4 Å². The molecular weight excluding hydrogens is 308 g/mol. The summed E-state index contributed by atoms with van der Waals surface area (Å²) < 4.78 is 5.45. The molecule has 1 aromatic heterocycles. The van der Waals surface area contributed by atoms with Crippen molar-refractivity contribution in [2.45, 2.75) is 12.5 Å². The number of ether oxygens (including phenoxy) is 1. The zero-order valence-electron chi connectivity index (χ0n) is 10.3. The van der Waals surface area contributed by atoms with Crippen LogP contribution in [0.25, 0.3) is 0 Å². The molecule has 2 rings (SSSR count). The van der Waals surface area contributed by atoms with Crippen molar-refractivity contribution < 1.29 is 14.6 Å². The molecule has 106 valence electrons. The van der Waals surface area contributed by atoms with Gasteiger partial charge < -0.3 is 9.84 Å². The molecule has 4 nitrogen and oxygen atoms in total. The molecular formula is C14H12Cl2LiNO3. The molecule has 0 saturated carbocycles. The Bertz CT molecular complexity index is 590. The molecule has 0 bridgehead atoms. The number of rotatable bonds is 5. The number of hydrogen-bond donors (Lipinski definition) is 1. The van der Waals surface area contributed by atoms with Crippen molar-refractivity contribution in [1.82, 2.24) is 4.98 Å². The van der Waals surface area contributed by atoms with Gasteiger partial charge in [0, 0.05) is 28.9 Å². The van der Waals surface area contributed by atoms with Gasteiger partial charge in [-0.2, -0.15) is 0 Å². The average molecular weight is 320 g/mol. The number of pyridine rings is 1. The van der Waals surface area contributed by atoms with Crippen LogP contribution in [-0.4, -0.2) is 41.0 Å². The number of carbonyl (C=O) groups is 1. The second-order valence-corrected chi connectivity index (χ2v) is 4.99. The van der Waals surface area contributed by atoms with E-state index >= 15 is 0 Å². The van der Waals surface area contributed by atoms with Gasteiger partial charge in [-0.3, -0.25) is 4.98 Å². The number of hydrogen-bond acceptors (Lipinski definition) is 3. The molecule has 0 saturated heterocycles. The summed E-state index contributed by atoms with van der Waals surface area (Å²) in [5.41, 5.74) is 0.771. The van der Waals surface area contributed by atoms with Gasteiger partial charge in [-0.25, -0.2) is 4.79 Å². The van der Waals surface area contributed by atoms with Gasteiger partial charge in [0.05, 0.1) is 0 Å². The predicted octanol–water partition coefficient (Wildman–Crippen LogP) is 2.81. The van der Waals surface area contributed by atoms with E-state index < -0.39 is 12.1 Å². The van der Waals surface area contributed by atoms with Crippen LogP contribution in [0.4, 0.5) is 0 Å². The summed E-state index contributed by atoms with van der Waals surface area (Å²) in [6.07, 6.45) is 2.39. The van der Waals surface area contributed by atoms with E-state index in [4.69, 9.17) is 27.9 Å². The third kappa shape index (κ3) is 5.60. The van der Waals surface area contributed by atoms with Crippen LogP contribution in [0, 0.1) is 0 Å². The molecule has 1 heterocycles. The predicted molar refractivity (Wildman–Crippen MR) is 83.6 cm³/mol. The molecule has 0 aliphatic heterocycles. The van der Waals surface area contributed by atoms with Crippen molar-refractivity contribution in [2.75, 3.05) is 0 Å². The Hall–Kier alpha value is -1.18. The van der Waals surface area contributed by atoms with E-state index in [-0.39, 0.29) is 25.3 Å². The molecule has 0 amide bonds. The van der Waals surface area contributed by atoms with Gasteiger partial charge in [-0.1, -0.05) is 29.3 Å². The number of aromatic nitrogens is 1. The van der Waals surface area contributed by atoms with Crippen LogP contribution in [0.5, 0.6) is 5.75 Å². The molecule has 0 aliphatic rings. The maximum absolute atomic E-state index is 11.3. The van der Waals surface area contributed by atoms with E-state index in [1.165, 1.54) is 12.1 Å². The quantitative estimate of drug-likeness (QED) is 0.861. The second-order valence-electron chi connectivity index (χ2n) is 4.12. The number of aliphatic carboxylic acids is 1. The van der Waals surface area contributed by atoms with Crippen LogP contribution in [0.3, 0.4) is 0 Å². The molecule has 21 heavy (non-hydrogen) atoms. The maximum atomic E-state index is 11.3. The Morgan fingerprint density at radius 2 is 1.95 bits per heavy atom. The zero-order valence-corrected chi connectivity index (χ0v) is 11.8. The van der Waals surface area contributed by atoms with Crippen molar-refractivity contribution in [3.63, 3.8) is 0 Å². The van der Waals surface area contributed by atoms with E-state index in [1.807, 2.05) is 0 Å². The Labute approximate surface area is 144 Å². The third-order valence-electron chi connectivity index (χ3n) is 2.53. The van der Waals surface area contributed by atoms with Gasteiger partial charge in [-0.05, 0) is 29.8 Å². The molecule has 2 aromatic rings. The number of halogens is 2. The molecule has 1 aromatic carbocycles. The summed E-state index contributed by atoms with van der Waals surface area (Å²) in [6, 6.07) is 8.12. The summed E-state index contributed by atoms with van der Waals surface area (Å²) >= 11 is 11.7. The molecule has 0 fully saturated rings. The first-order chi connectivity index (χ1) is 9.54. The monoisotopic (exact) mass is 319 g/mol. The fraction of sp³-hybridized carbons (Fsp3) is 0.143. The fourth-order valence-corrected chi connectivity index (χ4v) is 2.18. The van der Waals surface area contributed by atoms with Crippen LogP contribution in [-0.2, 0) is 11.2 Å². The van der Waals surface area contributed by atoms with Gasteiger partial charge in [-0.15, -0.1) is 0 Å². The average Bonchev–Trinajstić information content (AvgIpc) is 2.38. The SMILES string of the molecule is O=C(O)C(Cc1cccnc1)Oc1cc(Cl)cc(Cl)c1.[LiH]. The number of benzene rings is 1. The van der Waals surface area contributed by atoms with Crippen molar-refractivity contribution >= 4 is 48.0 Å². The summed E-state index contributed by atoms with van der Waals surface area (Å²) in [5.74, 6) is -0.747. The Morgan fingerprint density at radius 1 is 1.29 bits per heavy atom. The van der Waals surface area contributed by atoms with Crippen LogP contribution in [0.15, 0.2) is 42.7 Å². The minimum atomic E-state index is -1.06. The van der Waals surface area contributed by atoms with Crippen LogP contribution in [0.2, 0.25) is 10.0 Å². The molecule has 1 atom stereocenters. The molecule has 0 radical (unpaired) electrons. The molecule has 0 aliphatic carbocycles. The Morgan fingerprint density at radius 3 is 2.48 bits per heavy atom. The van der Waals surface area contributed by atoms with Gasteiger partial charge in [0.15, 0.2) is 6.10 Å². The summed E-state index contributed by atoms with van der Waals surface area (Å²) in [5, 5.41) is 10.00. The van der Waals surface area contributed by atoms with Crippen LogP contribution < -0.4 is 4.74 Å². The summed E-state index contributed by atoms with van der Waals surface area (Å²) in [4.78, 5) is 15.2. The minimum absolute atomic E-state index is 0. The third-order valence-corrected chi connectivity index (χ3v) is 2.97. The molecule has 1 unspecified atom stereocenters. The molecule has 0 spiro atoms. The first-order valence-electron chi connectivity index (χ1n) is 5.79. The standard InChI is InChI=1S/C14H11Cl2NO3.Li.H/c15-10-5-11(16)7-12(6-10)20-13(14(18)19)4-9-2-1-3-17-8-9;;/h1-3,5-8,13H,4H2,(H,18,19);;. The first-order valence-corrected chi connectivity index (χ1v) is 6.54. The fourth-order valence-electron chi connectivity index (χ4n) is 1.67. The van der Waals surface area contributed by atoms with Gasteiger partial charge >= 0.3 is 24.8 Å². The van der Waals surface area contributed by atoms with Gasteiger partial charge in [0.1, 0.15) is 5.75 Å². The summed E-state index contributed by atoms with van der Waals surface area (Å²) in [6.45, 7) is 0. The summed E-state index contributed by atoms with van der Waals surface area (Å²) in [7, 11) is 0. The van der Waals surface area contributed by atoms with Crippen LogP contribution in [0.1, 0.15) is 5.56 Å². The zero-order chi connectivity index (χ0) is 14.5. The first kappa shape index (κ1) is 17.9. The van der Waals surface area contributed by atoms with Gasteiger partial charge in [0.2, 0.25) is 0 Å². The normalized spacial score (nSPS) is 11.3.